The Kier molecular flexibility index (Phi) is 6.87. The molecule has 1 heterocycles. The van der Waals surface area contributed by atoms with Crippen LogP contribution >= 0.6 is 0 Å². The summed E-state index contributed by atoms with van der Waals surface area (Å²) in [7, 11) is 1.68. The molecule has 1 saturated carbocycles. The number of hydrogen-bond donors (Lipinski definition) is 2. The minimum Gasteiger partial charge on any atom is -0.497 e. The molecule has 3 aromatic rings. The lowest BCUT2D eigenvalue weighted by molar-refractivity contribution is 0.0938. The first-order valence-electron chi connectivity index (χ1n) is 12.4. The third kappa shape index (κ3) is 4.96. The molecule has 1 aliphatic carbocycles. The van der Waals surface area contributed by atoms with E-state index in [0.29, 0.717) is 24.7 Å². The first-order chi connectivity index (χ1) is 17.2. The lowest BCUT2D eigenvalue weighted by Gasteiger charge is -2.34. The van der Waals surface area contributed by atoms with Crippen molar-refractivity contribution in [1.29, 1.82) is 0 Å². The summed E-state index contributed by atoms with van der Waals surface area (Å²) in [6.07, 6.45) is 4.52. The van der Waals surface area contributed by atoms with Gasteiger partial charge in [0.25, 0.3) is 5.91 Å². The van der Waals surface area contributed by atoms with Gasteiger partial charge in [-0.3, -0.25) is 4.79 Å². The number of fused-ring (bicyclic) bond motifs is 1. The Morgan fingerprint density at radius 2 is 1.80 bits per heavy atom. The number of carbonyl (C=O) groups is 1. The van der Waals surface area contributed by atoms with Gasteiger partial charge in [0.2, 0.25) is 0 Å². The van der Waals surface area contributed by atoms with Gasteiger partial charge < -0.3 is 20.1 Å². The fourth-order valence-corrected chi connectivity index (χ4v) is 5.29. The van der Waals surface area contributed by atoms with Crippen LogP contribution in [0.5, 0.6) is 5.75 Å². The Balaban J connectivity index is 1.43. The Bertz CT molecular complexity index is 1230. The van der Waals surface area contributed by atoms with Crippen molar-refractivity contribution < 1.29 is 14.6 Å². The quantitative estimate of drug-likeness (QED) is 0.502. The standard InChI is InChI=1S/C30H32N2O3/c1-35-26-10-6-7-21(17-26)18-32-19-24(20-33)29(27-11-4-5-12-28(27)32)22-13-15-23(16-14-22)30(34)31-25-8-2-3-9-25/h4-7,10-17,25,33H,2-3,8-9,18-20H2,1H3,(H,31,34). The molecule has 0 radical (unpaired) electrons. The maximum atomic E-state index is 12.7. The van der Waals surface area contributed by atoms with Crippen molar-refractivity contribution >= 4 is 17.2 Å². The molecule has 1 amide bonds. The molecule has 5 rings (SSSR count). The van der Waals surface area contributed by atoms with E-state index in [0.717, 1.165) is 52.1 Å². The molecule has 1 aliphatic heterocycles. The minimum absolute atomic E-state index is 0.00619. The molecule has 180 valence electrons. The molecular formula is C30H32N2O3. The summed E-state index contributed by atoms with van der Waals surface area (Å²) in [5, 5.41) is 13.5. The average molecular weight is 469 g/mol. The van der Waals surface area contributed by atoms with Crippen LogP contribution in [0.4, 0.5) is 5.69 Å². The zero-order chi connectivity index (χ0) is 24.2. The predicted octanol–water partition coefficient (Wildman–Crippen LogP) is 5.18. The highest BCUT2D eigenvalue weighted by atomic mass is 16.5. The van der Waals surface area contributed by atoms with Crippen molar-refractivity contribution in [2.45, 2.75) is 38.3 Å². The van der Waals surface area contributed by atoms with E-state index < -0.39 is 0 Å². The average Bonchev–Trinajstić information content (AvgIpc) is 3.41. The van der Waals surface area contributed by atoms with E-state index in [9.17, 15) is 9.90 Å². The molecule has 2 aliphatic rings. The number of rotatable bonds is 7. The van der Waals surface area contributed by atoms with E-state index in [1.165, 1.54) is 12.8 Å². The van der Waals surface area contributed by atoms with Crippen molar-refractivity contribution in [1.82, 2.24) is 5.32 Å². The van der Waals surface area contributed by atoms with E-state index in [-0.39, 0.29) is 12.5 Å². The molecule has 0 spiro atoms. The number of para-hydroxylation sites is 1. The topological polar surface area (TPSA) is 61.8 Å². The molecule has 35 heavy (non-hydrogen) atoms. The molecule has 5 heteroatoms. The summed E-state index contributed by atoms with van der Waals surface area (Å²) in [6, 6.07) is 24.5. The predicted molar refractivity (Wildman–Crippen MR) is 140 cm³/mol. The summed E-state index contributed by atoms with van der Waals surface area (Å²) >= 11 is 0. The fraction of sp³-hybridized carbons (Fsp3) is 0.300. The van der Waals surface area contributed by atoms with Crippen LogP contribution in [0, 0.1) is 0 Å². The fourth-order valence-electron chi connectivity index (χ4n) is 5.29. The van der Waals surface area contributed by atoms with Crippen molar-refractivity contribution in [2.24, 2.45) is 0 Å². The third-order valence-corrected chi connectivity index (χ3v) is 7.07. The number of amides is 1. The molecule has 0 bridgehead atoms. The summed E-state index contributed by atoms with van der Waals surface area (Å²) in [5.74, 6) is 0.830. The zero-order valence-electron chi connectivity index (χ0n) is 20.2. The number of nitrogens with zero attached hydrogens (tertiary/aromatic N) is 1. The Hall–Kier alpha value is -3.57. The highest BCUT2D eigenvalue weighted by molar-refractivity contribution is 5.96. The second kappa shape index (κ2) is 10.4. The van der Waals surface area contributed by atoms with Crippen molar-refractivity contribution in [3.63, 3.8) is 0 Å². The largest absolute Gasteiger partial charge is 0.497 e. The van der Waals surface area contributed by atoms with E-state index >= 15 is 0 Å². The number of carbonyl (C=O) groups excluding carboxylic acids is 1. The first kappa shape index (κ1) is 23.2. The van der Waals surface area contributed by atoms with Gasteiger partial charge in [0.15, 0.2) is 0 Å². The van der Waals surface area contributed by atoms with Gasteiger partial charge in [-0.1, -0.05) is 55.3 Å². The number of nitrogens with one attached hydrogen (secondary N) is 1. The monoisotopic (exact) mass is 468 g/mol. The van der Waals surface area contributed by atoms with Crippen LogP contribution in [0.2, 0.25) is 0 Å². The molecule has 0 unspecified atom stereocenters. The van der Waals surface area contributed by atoms with Gasteiger partial charge in [-0.05, 0) is 65.4 Å². The zero-order valence-corrected chi connectivity index (χ0v) is 20.2. The molecular weight excluding hydrogens is 436 g/mol. The third-order valence-electron chi connectivity index (χ3n) is 7.07. The molecule has 0 saturated heterocycles. The normalized spacial score (nSPS) is 15.8. The molecule has 0 aromatic heterocycles. The van der Waals surface area contributed by atoms with E-state index in [1.807, 2.05) is 42.5 Å². The highest BCUT2D eigenvalue weighted by Gasteiger charge is 2.25. The molecule has 1 fully saturated rings. The summed E-state index contributed by atoms with van der Waals surface area (Å²) in [5.41, 5.74) is 7.08. The van der Waals surface area contributed by atoms with Gasteiger partial charge in [0.1, 0.15) is 5.75 Å². The van der Waals surface area contributed by atoms with Crippen molar-refractivity contribution in [2.75, 3.05) is 25.2 Å². The van der Waals surface area contributed by atoms with Gasteiger partial charge in [-0.15, -0.1) is 0 Å². The van der Waals surface area contributed by atoms with Crippen LogP contribution in [0.15, 0.2) is 78.4 Å². The Labute approximate surface area is 207 Å². The van der Waals surface area contributed by atoms with E-state index in [1.54, 1.807) is 7.11 Å². The van der Waals surface area contributed by atoms with Crippen molar-refractivity contribution in [3.8, 4) is 5.75 Å². The van der Waals surface area contributed by atoms with Gasteiger partial charge in [-0.2, -0.15) is 0 Å². The van der Waals surface area contributed by atoms with Crippen molar-refractivity contribution in [3.05, 3.63) is 101 Å². The Morgan fingerprint density at radius 1 is 1.03 bits per heavy atom. The first-order valence-corrected chi connectivity index (χ1v) is 12.4. The number of benzene rings is 3. The number of ether oxygens (including phenoxy) is 1. The maximum absolute atomic E-state index is 12.7. The SMILES string of the molecule is COc1cccc(CN2CC(CO)=C(c3ccc(C(=O)NC4CCCC4)cc3)c3ccccc32)c1. The summed E-state index contributed by atoms with van der Waals surface area (Å²) in [6.45, 7) is 1.32. The van der Waals surface area contributed by atoms with Gasteiger partial charge in [0.05, 0.1) is 13.7 Å². The summed E-state index contributed by atoms with van der Waals surface area (Å²) < 4.78 is 5.40. The molecule has 2 N–H and O–H groups in total. The van der Waals surface area contributed by atoms with Crippen LogP contribution in [-0.4, -0.2) is 37.3 Å². The number of methoxy groups -OCH3 is 1. The van der Waals surface area contributed by atoms with Crippen LogP contribution in [0.25, 0.3) is 5.57 Å². The molecule has 5 nitrogen and oxygen atoms in total. The van der Waals surface area contributed by atoms with Gasteiger partial charge >= 0.3 is 0 Å². The molecule has 0 atom stereocenters. The maximum Gasteiger partial charge on any atom is 0.251 e. The van der Waals surface area contributed by atoms with Crippen LogP contribution in [0.3, 0.4) is 0 Å². The van der Waals surface area contributed by atoms with Crippen LogP contribution < -0.4 is 15.0 Å². The lowest BCUT2D eigenvalue weighted by atomic mass is 9.88. The van der Waals surface area contributed by atoms with E-state index in [4.69, 9.17) is 4.74 Å². The number of hydrogen-bond acceptors (Lipinski definition) is 4. The van der Waals surface area contributed by atoms with Gasteiger partial charge in [0, 0.05) is 35.9 Å². The highest BCUT2D eigenvalue weighted by Crippen LogP contribution is 2.39. The lowest BCUT2D eigenvalue weighted by Crippen LogP contribution is -2.32. The minimum atomic E-state index is -0.0256. The second-order valence-corrected chi connectivity index (χ2v) is 9.39. The Morgan fingerprint density at radius 3 is 2.54 bits per heavy atom. The number of aliphatic hydroxyl groups excluding tert-OH is 1. The molecule has 3 aromatic carbocycles. The van der Waals surface area contributed by atoms with Gasteiger partial charge in [-0.25, -0.2) is 0 Å². The second-order valence-electron chi connectivity index (χ2n) is 9.39. The van der Waals surface area contributed by atoms with E-state index in [2.05, 4.69) is 40.5 Å². The number of anilines is 1. The summed E-state index contributed by atoms with van der Waals surface area (Å²) in [4.78, 5) is 15.0. The van der Waals surface area contributed by atoms with Crippen LogP contribution in [-0.2, 0) is 6.54 Å². The van der Waals surface area contributed by atoms with Crippen LogP contribution in [0.1, 0.15) is 52.7 Å². The number of aliphatic hydroxyl groups is 1. The smallest absolute Gasteiger partial charge is 0.251 e.